The van der Waals surface area contributed by atoms with Crippen molar-refractivity contribution in [2.75, 3.05) is 0 Å². The summed E-state index contributed by atoms with van der Waals surface area (Å²) in [6.07, 6.45) is 3.34. The molecule has 64 valence electrons. The molecule has 0 atom stereocenters. The van der Waals surface area contributed by atoms with E-state index in [1.165, 1.54) is 0 Å². The van der Waals surface area contributed by atoms with Crippen LogP contribution in [0.3, 0.4) is 0 Å². The third kappa shape index (κ3) is 13.4. The minimum absolute atomic E-state index is 0. The Morgan fingerprint density at radius 2 is 1.91 bits per heavy atom. The molecule has 0 spiro atoms. The van der Waals surface area contributed by atoms with Crippen LogP contribution in [0.5, 0.6) is 0 Å². The number of hydrogen-bond acceptors (Lipinski definition) is 1. The van der Waals surface area contributed by atoms with Gasteiger partial charge >= 0.3 is 5.97 Å². The quantitative estimate of drug-likeness (QED) is 0.607. The molecule has 0 bridgehead atoms. The van der Waals surface area contributed by atoms with Crippen molar-refractivity contribution in [3.05, 3.63) is 0 Å². The number of unbranched alkanes of at least 4 members (excludes halogenated alkanes) is 1. The molecule has 0 saturated carbocycles. The van der Waals surface area contributed by atoms with Gasteiger partial charge in [0, 0.05) is 33.7 Å². The molecule has 2 nitrogen and oxygen atoms in total. The molecule has 1 N–H and O–H groups in total. The summed E-state index contributed by atoms with van der Waals surface area (Å²) in [6, 6.07) is 0. The van der Waals surface area contributed by atoms with Crippen molar-refractivity contribution in [1.82, 2.24) is 0 Å². The Bertz CT molecular complexity index is 102. The van der Waals surface area contributed by atoms with Crippen LogP contribution < -0.4 is 0 Å². The maximum absolute atomic E-state index is 10.0. The van der Waals surface area contributed by atoms with Gasteiger partial charge in [-0.15, -0.1) is 0 Å². The van der Waals surface area contributed by atoms with Crippen molar-refractivity contribution in [2.24, 2.45) is 5.92 Å². The molecular formula is C8H16O2Pb. The van der Waals surface area contributed by atoms with Gasteiger partial charge < -0.3 is 5.11 Å². The van der Waals surface area contributed by atoms with Crippen LogP contribution in [0.1, 0.15) is 39.5 Å². The van der Waals surface area contributed by atoms with Gasteiger partial charge in [-0.25, -0.2) is 0 Å². The van der Waals surface area contributed by atoms with E-state index in [1.807, 2.05) is 0 Å². The molecule has 0 aliphatic heterocycles. The van der Waals surface area contributed by atoms with E-state index in [9.17, 15) is 4.79 Å². The first kappa shape index (κ1) is 13.9. The SMILES string of the molecule is CC(C)CCCCC(=O)O.[Pb]. The topological polar surface area (TPSA) is 37.3 Å². The van der Waals surface area contributed by atoms with Crippen LogP contribution in [0, 0.1) is 5.92 Å². The smallest absolute Gasteiger partial charge is 0.303 e. The second kappa shape index (κ2) is 8.49. The molecule has 0 unspecified atom stereocenters. The summed E-state index contributed by atoms with van der Waals surface area (Å²) >= 11 is 0. The first-order valence-corrected chi connectivity index (χ1v) is 3.84. The van der Waals surface area contributed by atoms with Crippen LogP contribution in [-0.2, 0) is 4.79 Å². The van der Waals surface area contributed by atoms with Gasteiger partial charge in [0.1, 0.15) is 0 Å². The van der Waals surface area contributed by atoms with Crippen LogP contribution in [0.2, 0.25) is 0 Å². The predicted molar refractivity (Wildman–Crippen MR) is 46.7 cm³/mol. The van der Waals surface area contributed by atoms with E-state index in [1.54, 1.807) is 0 Å². The number of carboxylic acid groups (broad SMARTS) is 1. The first-order chi connectivity index (χ1) is 4.63. The predicted octanol–water partition coefficient (Wildman–Crippen LogP) is 1.91. The van der Waals surface area contributed by atoms with Gasteiger partial charge in [0.25, 0.3) is 0 Å². The van der Waals surface area contributed by atoms with Gasteiger partial charge in [0.05, 0.1) is 0 Å². The molecule has 0 rings (SSSR count). The molecule has 0 aliphatic carbocycles. The normalized spacial score (nSPS) is 9.36. The molecule has 0 saturated heterocycles. The maximum atomic E-state index is 10.0. The van der Waals surface area contributed by atoms with Gasteiger partial charge in [-0.2, -0.15) is 0 Å². The van der Waals surface area contributed by atoms with Gasteiger partial charge in [0.2, 0.25) is 0 Å². The molecule has 3 heteroatoms. The van der Waals surface area contributed by atoms with E-state index in [0.717, 1.165) is 19.3 Å². The van der Waals surface area contributed by atoms with E-state index in [0.29, 0.717) is 12.3 Å². The third-order valence-corrected chi connectivity index (χ3v) is 1.42. The average molecular weight is 351 g/mol. The minimum Gasteiger partial charge on any atom is -0.481 e. The summed E-state index contributed by atoms with van der Waals surface area (Å²) in [7, 11) is 0. The van der Waals surface area contributed by atoms with Crippen molar-refractivity contribution in [3.63, 3.8) is 0 Å². The summed E-state index contributed by atoms with van der Waals surface area (Å²) in [5, 5.41) is 8.28. The molecule has 0 aliphatic rings. The Morgan fingerprint density at radius 3 is 2.27 bits per heavy atom. The summed E-state index contributed by atoms with van der Waals surface area (Å²) in [5.41, 5.74) is 0. The Labute approximate surface area is 88.5 Å². The Balaban J connectivity index is 0. The van der Waals surface area contributed by atoms with E-state index in [2.05, 4.69) is 13.8 Å². The summed E-state index contributed by atoms with van der Waals surface area (Å²) in [4.78, 5) is 10.0. The monoisotopic (exact) mass is 352 g/mol. The van der Waals surface area contributed by atoms with Gasteiger partial charge in [0.15, 0.2) is 0 Å². The number of rotatable bonds is 5. The van der Waals surface area contributed by atoms with Gasteiger partial charge in [-0.05, 0) is 12.3 Å². The summed E-state index contributed by atoms with van der Waals surface area (Å²) in [5.74, 6) is 0.0255. The standard InChI is InChI=1S/C8H16O2.Pb/c1-7(2)5-3-4-6-8(9)10;/h7H,3-6H2,1-2H3,(H,9,10);. The molecule has 0 heterocycles. The minimum atomic E-state index is -0.677. The van der Waals surface area contributed by atoms with Crippen molar-refractivity contribution in [2.45, 2.75) is 39.5 Å². The van der Waals surface area contributed by atoms with Crippen molar-refractivity contribution < 1.29 is 9.90 Å². The fraction of sp³-hybridized carbons (Fsp3) is 0.875. The molecule has 4 radical (unpaired) electrons. The van der Waals surface area contributed by atoms with Crippen molar-refractivity contribution in [3.8, 4) is 0 Å². The van der Waals surface area contributed by atoms with Crippen LogP contribution in [0.4, 0.5) is 0 Å². The van der Waals surface area contributed by atoms with E-state index >= 15 is 0 Å². The molecular weight excluding hydrogens is 335 g/mol. The fourth-order valence-electron chi connectivity index (χ4n) is 0.829. The zero-order valence-corrected chi connectivity index (χ0v) is 11.1. The van der Waals surface area contributed by atoms with Gasteiger partial charge in [-0.1, -0.05) is 26.7 Å². The second-order valence-electron chi connectivity index (χ2n) is 3.03. The number of hydrogen-bond donors (Lipinski definition) is 1. The summed E-state index contributed by atoms with van der Waals surface area (Å²) < 4.78 is 0. The number of aliphatic carboxylic acids is 1. The van der Waals surface area contributed by atoms with Crippen molar-refractivity contribution in [1.29, 1.82) is 0 Å². The second-order valence-corrected chi connectivity index (χ2v) is 3.03. The van der Waals surface area contributed by atoms with E-state index in [4.69, 9.17) is 5.11 Å². The number of carboxylic acids is 1. The van der Waals surface area contributed by atoms with Crippen LogP contribution in [-0.4, -0.2) is 38.4 Å². The third-order valence-electron chi connectivity index (χ3n) is 1.42. The van der Waals surface area contributed by atoms with Gasteiger partial charge in [-0.3, -0.25) is 4.79 Å². The molecule has 0 fully saturated rings. The maximum Gasteiger partial charge on any atom is 0.303 e. The van der Waals surface area contributed by atoms with Crippen LogP contribution in [0.25, 0.3) is 0 Å². The van der Waals surface area contributed by atoms with Crippen molar-refractivity contribution >= 4 is 33.3 Å². The Hall–Kier alpha value is 0.392. The largest absolute Gasteiger partial charge is 0.481 e. The Kier molecular flexibility index (Phi) is 10.8. The molecule has 0 aromatic heterocycles. The van der Waals surface area contributed by atoms with Crippen LogP contribution in [0.15, 0.2) is 0 Å². The number of carbonyl (C=O) groups is 1. The zero-order valence-electron chi connectivity index (χ0n) is 7.26. The van der Waals surface area contributed by atoms with E-state index < -0.39 is 5.97 Å². The molecule has 0 aromatic carbocycles. The molecule has 11 heavy (non-hydrogen) atoms. The summed E-state index contributed by atoms with van der Waals surface area (Å²) in [6.45, 7) is 4.31. The van der Waals surface area contributed by atoms with E-state index in [-0.39, 0.29) is 27.3 Å². The first-order valence-electron chi connectivity index (χ1n) is 3.84. The molecule has 0 amide bonds. The zero-order chi connectivity index (χ0) is 7.98. The fourth-order valence-corrected chi connectivity index (χ4v) is 0.829. The Morgan fingerprint density at radius 1 is 1.36 bits per heavy atom. The molecule has 0 aromatic rings. The van der Waals surface area contributed by atoms with Crippen LogP contribution >= 0.6 is 0 Å². The average Bonchev–Trinajstić information content (AvgIpc) is 1.79.